The number of amides is 1. The highest BCUT2D eigenvalue weighted by Crippen LogP contribution is 2.25. The van der Waals surface area contributed by atoms with Gasteiger partial charge in [0, 0.05) is 20.0 Å². The van der Waals surface area contributed by atoms with Gasteiger partial charge in [-0.2, -0.15) is 4.98 Å². The van der Waals surface area contributed by atoms with Crippen molar-refractivity contribution >= 4 is 23.4 Å². The Balaban J connectivity index is 2.80. The van der Waals surface area contributed by atoms with Crippen molar-refractivity contribution < 1.29 is 9.72 Å². The van der Waals surface area contributed by atoms with E-state index in [4.69, 9.17) is 5.73 Å². The Bertz CT molecular complexity index is 476. The average Bonchev–Trinajstić information content (AvgIpc) is 2.22. The molecule has 0 aliphatic rings. The Hall–Kier alpha value is -2.45. The van der Waals surface area contributed by atoms with E-state index in [1.165, 1.54) is 13.8 Å². The van der Waals surface area contributed by atoms with Crippen LogP contribution in [0.2, 0.25) is 0 Å². The van der Waals surface area contributed by atoms with Crippen LogP contribution in [0.15, 0.2) is 0 Å². The Labute approximate surface area is 103 Å². The van der Waals surface area contributed by atoms with E-state index in [1.807, 2.05) is 0 Å². The minimum Gasteiger partial charge on any atom is -0.368 e. The summed E-state index contributed by atoms with van der Waals surface area (Å²) in [5.74, 6) is -0.167. The van der Waals surface area contributed by atoms with Crippen LogP contribution < -0.4 is 16.4 Å². The zero-order valence-corrected chi connectivity index (χ0v) is 10.1. The van der Waals surface area contributed by atoms with Gasteiger partial charge in [-0.05, 0) is 6.92 Å². The number of hydrogen-bond donors (Lipinski definition) is 3. The zero-order valence-electron chi connectivity index (χ0n) is 10.1. The fourth-order valence-electron chi connectivity index (χ4n) is 1.35. The Kier molecular flexibility index (Phi) is 4.35. The standard InChI is InChI=1S/C9H14N6O3/c1-5-7(15(17)18)8(14-9(10)13-5)12-4-3-11-6(2)16/h3-4H2,1-2H3,(H,11,16)(H3,10,12,13,14). The number of anilines is 2. The minimum absolute atomic E-state index is 0.0415. The number of nitrogens with two attached hydrogens (primary N) is 1. The number of nitro groups is 1. The number of nitrogens with zero attached hydrogens (tertiary/aromatic N) is 3. The molecule has 0 fully saturated rings. The zero-order chi connectivity index (χ0) is 13.7. The van der Waals surface area contributed by atoms with E-state index in [-0.39, 0.29) is 29.1 Å². The van der Waals surface area contributed by atoms with E-state index in [0.717, 1.165) is 0 Å². The first kappa shape index (κ1) is 13.6. The third-order valence-electron chi connectivity index (χ3n) is 2.05. The second-order valence-electron chi connectivity index (χ2n) is 3.53. The maximum atomic E-state index is 10.9. The molecule has 98 valence electrons. The van der Waals surface area contributed by atoms with Gasteiger partial charge in [0.1, 0.15) is 5.69 Å². The quantitative estimate of drug-likeness (QED) is 0.376. The lowest BCUT2D eigenvalue weighted by Gasteiger charge is -2.08. The van der Waals surface area contributed by atoms with E-state index in [9.17, 15) is 14.9 Å². The average molecular weight is 254 g/mol. The number of nitrogen functional groups attached to an aromatic ring is 1. The predicted molar refractivity (Wildman–Crippen MR) is 65.0 cm³/mol. The molecule has 1 rings (SSSR count). The summed E-state index contributed by atoms with van der Waals surface area (Å²) in [5.41, 5.74) is 5.40. The summed E-state index contributed by atoms with van der Waals surface area (Å²) < 4.78 is 0. The van der Waals surface area contributed by atoms with Crippen LogP contribution in [0.25, 0.3) is 0 Å². The molecule has 1 heterocycles. The maximum Gasteiger partial charge on any atom is 0.332 e. The Morgan fingerprint density at radius 3 is 2.67 bits per heavy atom. The van der Waals surface area contributed by atoms with Crippen molar-refractivity contribution in [3.63, 3.8) is 0 Å². The largest absolute Gasteiger partial charge is 0.368 e. The molecule has 0 bridgehead atoms. The number of nitrogens with one attached hydrogen (secondary N) is 2. The van der Waals surface area contributed by atoms with Crippen LogP contribution >= 0.6 is 0 Å². The summed E-state index contributed by atoms with van der Waals surface area (Å²) in [5, 5.41) is 16.2. The molecule has 0 aromatic carbocycles. The van der Waals surface area contributed by atoms with Crippen LogP contribution in [0, 0.1) is 17.0 Å². The molecule has 0 aliphatic carbocycles. The molecule has 9 heteroatoms. The monoisotopic (exact) mass is 254 g/mol. The number of rotatable bonds is 5. The molecule has 1 amide bonds. The highest BCUT2D eigenvalue weighted by Gasteiger charge is 2.20. The van der Waals surface area contributed by atoms with Gasteiger partial charge in [-0.15, -0.1) is 0 Å². The first-order chi connectivity index (χ1) is 8.41. The molecule has 0 unspecified atom stereocenters. The van der Waals surface area contributed by atoms with E-state index in [2.05, 4.69) is 20.6 Å². The van der Waals surface area contributed by atoms with E-state index < -0.39 is 4.92 Å². The van der Waals surface area contributed by atoms with Crippen LogP contribution in [-0.4, -0.2) is 33.9 Å². The van der Waals surface area contributed by atoms with E-state index >= 15 is 0 Å². The first-order valence-electron chi connectivity index (χ1n) is 5.18. The van der Waals surface area contributed by atoms with E-state index in [1.54, 1.807) is 0 Å². The second-order valence-corrected chi connectivity index (χ2v) is 3.53. The number of aryl methyl sites for hydroxylation is 1. The topological polar surface area (TPSA) is 136 Å². The van der Waals surface area contributed by atoms with Gasteiger partial charge in [-0.25, -0.2) is 4.98 Å². The van der Waals surface area contributed by atoms with Crippen LogP contribution in [0.1, 0.15) is 12.6 Å². The molecule has 0 saturated carbocycles. The summed E-state index contributed by atoms with van der Waals surface area (Å²) in [4.78, 5) is 28.4. The van der Waals surface area contributed by atoms with Gasteiger partial charge in [0.2, 0.25) is 17.7 Å². The highest BCUT2D eigenvalue weighted by molar-refractivity contribution is 5.72. The molecule has 0 aliphatic heterocycles. The van der Waals surface area contributed by atoms with Gasteiger partial charge in [-0.3, -0.25) is 14.9 Å². The molecule has 0 radical (unpaired) electrons. The van der Waals surface area contributed by atoms with Crippen molar-refractivity contribution in [2.75, 3.05) is 24.1 Å². The Morgan fingerprint density at radius 2 is 2.11 bits per heavy atom. The molecule has 1 aromatic heterocycles. The lowest BCUT2D eigenvalue weighted by atomic mass is 10.3. The van der Waals surface area contributed by atoms with Crippen LogP contribution in [0.4, 0.5) is 17.5 Å². The summed E-state index contributed by atoms with van der Waals surface area (Å²) in [7, 11) is 0. The highest BCUT2D eigenvalue weighted by atomic mass is 16.6. The fraction of sp³-hybridized carbons (Fsp3) is 0.444. The van der Waals surface area contributed by atoms with Gasteiger partial charge < -0.3 is 16.4 Å². The molecular formula is C9H14N6O3. The smallest absolute Gasteiger partial charge is 0.332 e. The van der Waals surface area contributed by atoms with Crippen molar-refractivity contribution in [3.05, 3.63) is 15.8 Å². The van der Waals surface area contributed by atoms with Crippen molar-refractivity contribution in [1.29, 1.82) is 0 Å². The maximum absolute atomic E-state index is 10.9. The number of hydrogen-bond acceptors (Lipinski definition) is 7. The van der Waals surface area contributed by atoms with Gasteiger partial charge in [0.25, 0.3) is 0 Å². The normalized spacial score (nSPS) is 9.89. The van der Waals surface area contributed by atoms with Crippen molar-refractivity contribution in [2.24, 2.45) is 0 Å². The lowest BCUT2D eigenvalue weighted by Crippen LogP contribution is -2.26. The molecule has 0 atom stereocenters. The fourth-order valence-corrected chi connectivity index (χ4v) is 1.35. The van der Waals surface area contributed by atoms with Gasteiger partial charge >= 0.3 is 5.69 Å². The number of carbonyl (C=O) groups excluding carboxylic acids is 1. The van der Waals surface area contributed by atoms with Crippen molar-refractivity contribution in [2.45, 2.75) is 13.8 Å². The predicted octanol–water partition coefficient (Wildman–Crippen LogP) is -0.177. The summed E-state index contributed by atoms with van der Waals surface area (Å²) >= 11 is 0. The second kappa shape index (κ2) is 5.75. The third-order valence-corrected chi connectivity index (χ3v) is 2.05. The molecule has 1 aromatic rings. The SMILES string of the molecule is CC(=O)NCCNc1nc(N)nc(C)c1[N+](=O)[O-]. The van der Waals surface area contributed by atoms with Gasteiger partial charge in [-0.1, -0.05) is 0 Å². The molecule has 0 spiro atoms. The van der Waals surface area contributed by atoms with Gasteiger partial charge in [0.05, 0.1) is 4.92 Å². The molecule has 4 N–H and O–H groups in total. The van der Waals surface area contributed by atoms with Crippen LogP contribution in [0.5, 0.6) is 0 Å². The summed E-state index contributed by atoms with van der Waals surface area (Å²) in [6, 6.07) is 0. The summed E-state index contributed by atoms with van der Waals surface area (Å²) in [6.45, 7) is 3.50. The minimum atomic E-state index is -0.574. The first-order valence-corrected chi connectivity index (χ1v) is 5.18. The lowest BCUT2D eigenvalue weighted by molar-refractivity contribution is -0.385. The van der Waals surface area contributed by atoms with E-state index in [0.29, 0.717) is 13.1 Å². The number of carbonyl (C=O) groups is 1. The molecule has 9 nitrogen and oxygen atoms in total. The van der Waals surface area contributed by atoms with Crippen LogP contribution in [-0.2, 0) is 4.79 Å². The Morgan fingerprint density at radius 1 is 1.44 bits per heavy atom. The van der Waals surface area contributed by atoms with Crippen molar-refractivity contribution in [1.82, 2.24) is 15.3 Å². The molecular weight excluding hydrogens is 240 g/mol. The van der Waals surface area contributed by atoms with Crippen molar-refractivity contribution in [3.8, 4) is 0 Å². The number of aromatic nitrogens is 2. The summed E-state index contributed by atoms with van der Waals surface area (Å²) in [6.07, 6.45) is 0. The van der Waals surface area contributed by atoms with Crippen LogP contribution in [0.3, 0.4) is 0 Å². The molecule has 0 saturated heterocycles. The molecule has 18 heavy (non-hydrogen) atoms. The third kappa shape index (κ3) is 3.54. The van der Waals surface area contributed by atoms with Gasteiger partial charge in [0.15, 0.2) is 0 Å².